The molecule has 18 heavy (non-hydrogen) atoms. The monoisotopic (exact) mass is 249 g/mol. The van der Waals surface area contributed by atoms with Crippen LogP contribution >= 0.6 is 0 Å². The van der Waals surface area contributed by atoms with Crippen LogP contribution in [0, 0.1) is 5.41 Å². The zero-order chi connectivity index (χ0) is 12.8. The highest BCUT2D eigenvalue weighted by atomic mass is 16.2. The minimum absolute atomic E-state index is 0.139. The van der Waals surface area contributed by atoms with Crippen molar-refractivity contribution < 1.29 is 4.79 Å². The van der Waals surface area contributed by atoms with Crippen LogP contribution in [0.1, 0.15) is 26.7 Å². The minimum atomic E-state index is 0.139. The van der Waals surface area contributed by atoms with Crippen molar-refractivity contribution in [1.29, 1.82) is 0 Å². The van der Waals surface area contributed by atoms with Crippen LogP contribution in [0.4, 0.5) is 4.79 Å². The molecular weight excluding hydrogens is 226 g/mol. The topological polar surface area (TPSA) is 35.6 Å². The molecule has 3 aliphatic rings. The predicted molar refractivity (Wildman–Crippen MR) is 71.4 cm³/mol. The number of urea groups is 1. The van der Waals surface area contributed by atoms with Gasteiger partial charge in [0.2, 0.25) is 0 Å². The maximum absolute atomic E-state index is 12.1. The van der Waals surface area contributed by atoms with E-state index >= 15 is 0 Å². The van der Waals surface area contributed by atoms with E-state index in [-0.39, 0.29) is 6.03 Å². The van der Waals surface area contributed by atoms with Crippen molar-refractivity contribution in [3.05, 3.63) is 12.2 Å². The van der Waals surface area contributed by atoms with Crippen LogP contribution < -0.4 is 5.32 Å². The van der Waals surface area contributed by atoms with Gasteiger partial charge in [-0.2, -0.15) is 0 Å². The maximum Gasteiger partial charge on any atom is 0.317 e. The highest BCUT2D eigenvalue weighted by Gasteiger charge is 2.47. The SMILES string of the molecule is CC1(C)CC1NC(=O)N1CCC(N2CC=CC2)C1. The Kier molecular flexibility index (Phi) is 2.85. The Labute approximate surface area is 109 Å². The molecule has 1 saturated heterocycles. The number of rotatable bonds is 2. The molecule has 2 amide bonds. The van der Waals surface area contributed by atoms with Gasteiger partial charge in [0, 0.05) is 38.3 Å². The van der Waals surface area contributed by atoms with E-state index in [0.29, 0.717) is 17.5 Å². The lowest BCUT2D eigenvalue weighted by molar-refractivity contribution is 0.198. The summed E-state index contributed by atoms with van der Waals surface area (Å²) in [6.45, 7) is 8.31. The van der Waals surface area contributed by atoms with E-state index in [1.54, 1.807) is 0 Å². The Morgan fingerprint density at radius 2 is 2.00 bits per heavy atom. The van der Waals surface area contributed by atoms with E-state index < -0.39 is 0 Å². The quantitative estimate of drug-likeness (QED) is 0.752. The summed E-state index contributed by atoms with van der Waals surface area (Å²) in [5.74, 6) is 0. The molecule has 2 aliphatic heterocycles. The number of likely N-dealkylation sites (tertiary alicyclic amines) is 1. The fourth-order valence-corrected chi connectivity index (χ4v) is 2.97. The average molecular weight is 249 g/mol. The summed E-state index contributed by atoms with van der Waals surface area (Å²) in [6.07, 6.45) is 6.67. The lowest BCUT2D eigenvalue weighted by Crippen LogP contribution is -2.43. The van der Waals surface area contributed by atoms with Crippen molar-refractivity contribution in [1.82, 2.24) is 15.1 Å². The molecule has 4 heteroatoms. The first kappa shape index (κ1) is 12.0. The summed E-state index contributed by atoms with van der Waals surface area (Å²) in [5.41, 5.74) is 0.313. The van der Waals surface area contributed by atoms with Crippen molar-refractivity contribution in [2.45, 2.75) is 38.8 Å². The normalized spacial score (nSPS) is 34.0. The van der Waals surface area contributed by atoms with Gasteiger partial charge in [0.1, 0.15) is 0 Å². The van der Waals surface area contributed by atoms with Gasteiger partial charge in [-0.3, -0.25) is 4.90 Å². The second-order valence-corrected chi connectivity index (χ2v) is 6.51. The highest BCUT2D eigenvalue weighted by molar-refractivity contribution is 5.75. The first-order valence-corrected chi connectivity index (χ1v) is 7.01. The van der Waals surface area contributed by atoms with Gasteiger partial charge >= 0.3 is 6.03 Å². The van der Waals surface area contributed by atoms with Crippen LogP contribution in [0.2, 0.25) is 0 Å². The molecule has 1 N–H and O–H groups in total. The van der Waals surface area contributed by atoms with Gasteiger partial charge in [0.25, 0.3) is 0 Å². The average Bonchev–Trinajstić information content (AvgIpc) is 2.87. The molecular formula is C14H23N3O. The Bertz CT molecular complexity index is 369. The first-order valence-electron chi connectivity index (χ1n) is 7.01. The molecule has 1 saturated carbocycles. The Balaban J connectivity index is 1.48. The lowest BCUT2D eigenvalue weighted by Gasteiger charge is -2.24. The Morgan fingerprint density at radius 1 is 1.33 bits per heavy atom. The van der Waals surface area contributed by atoms with Crippen molar-refractivity contribution in [2.75, 3.05) is 26.2 Å². The second-order valence-electron chi connectivity index (χ2n) is 6.51. The number of amides is 2. The molecule has 2 heterocycles. The molecule has 0 bridgehead atoms. The van der Waals surface area contributed by atoms with Crippen LogP contribution in [-0.4, -0.2) is 54.1 Å². The van der Waals surface area contributed by atoms with E-state index in [0.717, 1.165) is 39.0 Å². The molecule has 100 valence electrons. The third-order valence-corrected chi connectivity index (χ3v) is 4.62. The van der Waals surface area contributed by atoms with Crippen LogP contribution in [0.25, 0.3) is 0 Å². The summed E-state index contributed by atoms with van der Waals surface area (Å²) in [6, 6.07) is 1.08. The lowest BCUT2D eigenvalue weighted by atomic mass is 10.2. The van der Waals surface area contributed by atoms with Crippen molar-refractivity contribution >= 4 is 6.03 Å². The van der Waals surface area contributed by atoms with E-state index in [1.807, 2.05) is 4.90 Å². The number of nitrogens with one attached hydrogen (secondary N) is 1. The van der Waals surface area contributed by atoms with Gasteiger partial charge < -0.3 is 10.2 Å². The fourth-order valence-electron chi connectivity index (χ4n) is 2.97. The van der Waals surface area contributed by atoms with Crippen LogP contribution in [-0.2, 0) is 0 Å². The third kappa shape index (κ3) is 2.26. The number of carbonyl (C=O) groups is 1. The van der Waals surface area contributed by atoms with E-state index in [1.165, 1.54) is 0 Å². The molecule has 0 aromatic rings. The van der Waals surface area contributed by atoms with Crippen LogP contribution in [0.15, 0.2) is 12.2 Å². The van der Waals surface area contributed by atoms with Gasteiger partial charge in [0.05, 0.1) is 0 Å². The largest absolute Gasteiger partial charge is 0.335 e. The van der Waals surface area contributed by atoms with Crippen molar-refractivity contribution in [3.63, 3.8) is 0 Å². The van der Waals surface area contributed by atoms with Crippen molar-refractivity contribution in [3.8, 4) is 0 Å². The highest BCUT2D eigenvalue weighted by Crippen LogP contribution is 2.44. The van der Waals surface area contributed by atoms with Gasteiger partial charge in [0.15, 0.2) is 0 Å². The van der Waals surface area contributed by atoms with E-state index in [9.17, 15) is 4.79 Å². The first-order chi connectivity index (χ1) is 8.56. The molecule has 4 nitrogen and oxygen atoms in total. The maximum atomic E-state index is 12.1. The smallest absolute Gasteiger partial charge is 0.317 e. The molecule has 2 fully saturated rings. The Morgan fingerprint density at radius 3 is 2.61 bits per heavy atom. The fraction of sp³-hybridized carbons (Fsp3) is 0.786. The van der Waals surface area contributed by atoms with Gasteiger partial charge in [-0.25, -0.2) is 4.79 Å². The minimum Gasteiger partial charge on any atom is -0.335 e. The molecule has 2 unspecified atom stereocenters. The third-order valence-electron chi connectivity index (χ3n) is 4.62. The number of nitrogens with zero attached hydrogens (tertiary/aromatic N) is 2. The molecule has 1 aliphatic carbocycles. The zero-order valence-electron chi connectivity index (χ0n) is 11.4. The summed E-state index contributed by atoms with van der Waals surface area (Å²) in [7, 11) is 0. The van der Waals surface area contributed by atoms with Gasteiger partial charge in [-0.1, -0.05) is 26.0 Å². The molecule has 3 rings (SSSR count). The molecule has 0 radical (unpaired) electrons. The number of hydrogen-bond donors (Lipinski definition) is 1. The summed E-state index contributed by atoms with van der Waals surface area (Å²) < 4.78 is 0. The molecule has 2 atom stereocenters. The number of carbonyl (C=O) groups excluding carboxylic acids is 1. The second kappa shape index (κ2) is 4.26. The van der Waals surface area contributed by atoms with Gasteiger partial charge in [-0.15, -0.1) is 0 Å². The molecule has 0 spiro atoms. The summed E-state index contributed by atoms with van der Waals surface area (Å²) in [4.78, 5) is 16.6. The molecule has 0 aromatic carbocycles. The van der Waals surface area contributed by atoms with Gasteiger partial charge in [-0.05, 0) is 18.3 Å². The summed E-state index contributed by atoms with van der Waals surface area (Å²) >= 11 is 0. The Hall–Kier alpha value is -1.03. The molecule has 0 aromatic heterocycles. The predicted octanol–water partition coefficient (Wildman–Crippen LogP) is 1.44. The van der Waals surface area contributed by atoms with Crippen LogP contribution in [0.5, 0.6) is 0 Å². The standard InChI is InChI=1S/C14H23N3O/c1-14(2)9-12(14)15-13(18)17-8-5-11(10-17)16-6-3-4-7-16/h3-4,11-12H,5-10H2,1-2H3,(H,15,18). The number of hydrogen-bond acceptors (Lipinski definition) is 2. The zero-order valence-corrected chi connectivity index (χ0v) is 11.4. The summed E-state index contributed by atoms with van der Waals surface area (Å²) in [5, 5.41) is 3.15. The van der Waals surface area contributed by atoms with E-state index in [4.69, 9.17) is 0 Å². The van der Waals surface area contributed by atoms with Crippen molar-refractivity contribution in [2.24, 2.45) is 5.41 Å². The van der Waals surface area contributed by atoms with E-state index in [2.05, 4.69) is 36.2 Å². The van der Waals surface area contributed by atoms with Crippen LogP contribution in [0.3, 0.4) is 0 Å².